The van der Waals surface area contributed by atoms with Crippen molar-refractivity contribution in [2.75, 3.05) is 5.32 Å². The van der Waals surface area contributed by atoms with E-state index in [1.807, 2.05) is 19.9 Å². The average Bonchev–Trinajstić information content (AvgIpc) is 2.93. The van der Waals surface area contributed by atoms with Gasteiger partial charge in [-0.2, -0.15) is 5.10 Å². The van der Waals surface area contributed by atoms with Crippen molar-refractivity contribution in [1.82, 2.24) is 14.8 Å². The van der Waals surface area contributed by atoms with Crippen molar-refractivity contribution in [3.8, 4) is 5.82 Å². The van der Waals surface area contributed by atoms with Gasteiger partial charge in [0.05, 0.1) is 10.7 Å². The summed E-state index contributed by atoms with van der Waals surface area (Å²) in [6.45, 7) is 3.77. The van der Waals surface area contributed by atoms with Crippen molar-refractivity contribution in [2.24, 2.45) is 5.73 Å². The Bertz CT molecular complexity index is 1010. The number of hydrogen-bond acceptors (Lipinski definition) is 4. The molecule has 26 heavy (non-hydrogen) atoms. The van der Waals surface area contributed by atoms with Crippen LogP contribution in [0.25, 0.3) is 5.82 Å². The van der Waals surface area contributed by atoms with Gasteiger partial charge in [-0.05, 0) is 50.2 Å². The van der Waals surface area contributed by atoms with E-state index in [0.717, 1.165) is 11.4 Å². The normalized spacial score (nSPS) is 10.6. The van der Waals surface area contributed by atoms with Crippen LogP contribution in [0.3, 0.4) is 0 Å². The first-order chi connectivity index (χ1) is 12.3. The minimum absolute atomic E-state index is 0.0567. The second kappa shape index (κ2) is 6.97. The van der Waals surface area contributed by atoms with E-state index in [1.54, 1.807) is 35.0 Å². The molecule has 0 aliphatic rings. The number of rotatable bonds is 4. The van der Waals surface area contributed by atoms with Crippen LogP contribution >= 0.6 is 11.6 Å². The fourth-order valence-electron chi connectivity index (χ4n) is 2.51. The average molecular weight is 370 g/mol. The lowest BCUT2D eigenvalue weighted by atomic mass is 10.2. The number of primary amides is 1. The first-order valence-corrected chi connectivity index (χ1v) is 8.14. The molecule has 7 nitrogen and oxygen atoms in total. The molecule has 3 rings (SSSR count). The lowest BCUT2D eigenvalue weighted by Crippen LogP contribution is -2.17. The largest absolute Gasteiger partial charge is 0.366 e. The van der Waals surface area contributed by atoms with E-state index >= 15 is 0 Å². The Morgan fingerprint density at radius 1 is 1.15 bits per heavy atom. The number of pyridine rings is 1. The Balaban J connectivity index is 1.92. The summed E-state index contributed by atoms with van der Waals surface area (Å²) >= 11 is 6.14. The zero-order valence-corrected chi connectivity index (χ0v) is 14.9. The molecule has 0 spiro atoms. The molecule has 0 radical (unpaired) electrons. The van der Waals surface area contributed by atoms with Crippen LogP contribution in [0, 0.1) is 13.8 Å². The highest BCUT2D eigenvalue weighted by Crippen LogP contribution is 2.19. The first-order valence-electron chi connectivity index (χ1n) is 7.76. The molecule has 0 unspecified atom stereocenters. The number of hydrogen-bond donors (Lipinski definition) is 2. The molecule has 0 atom stereocenters. The van der Waals surface area contributed by atoms with Crippen LogP contribution in [-0.2, 0) is 0 Å². The van der Waals surface area contributed by atoms with Gasteiger partial charge in [-0.1, -0.05) is 17.7 Å². The summed E-state index contributed by atoms with van der Waals surface area (Å²) in [5, 5.41) is 7.23. The van der Waals surface area contributed by atoms with E-state index in [1.165, 1.54) is 6.07 Å². The van der Waals surface area contributed by atoms with E-state index in [0.29, 0.717) is 17.1 Å². The molecule has 2 aromatic heterocycles. The number of aromatic nitrogens is 3. The van der Waals surface area contributed by atoms with E-state index in [9.17, 15) is 9.59 Å². The van der Waals surface area contributed by atoms with Crippen molar-refractivity contribution in [3.63, 3.8) is 0 Å². The van der Waals surface area contributed by atoms with Crippen LogP contribution in [0.15, 0.2) is 42.5 Å². The third-order valence-electron chi connectivity index (χ3n) is 3.68. The van der Waals surface area contributed by atoms with Gasteiger partial charge >= 0.3 is 0 Å². The number of anilines is 1. The number of aryl methyl sites for hydroxylation is 2. The molecule has 0 aliphatic heterocycles. The summed E-state index contributed by atoms with van der Waals surface area (Å²) in [4.78, 5) is 28.2. The number of carbonyl (C=O) groups is 2. The molecule has 2 heterocycles. The van der Waals surface area contributed by atoms with E-state index < -0.39 is 11.8 Å². The summed E-state index contributed by atoms with van der Waals surface area (Å²) in [5.41, 5.74) is 7.75. The van der Waals surface area contributed by atoms with E-state index in [-0.39, 0.29) is 10.7 Å². The van der Waals surface area contributed by atoms with E-state index in [2.05, 4.69) is 15.4 Å². The van der Waals surface area contributed by atoms with Crippen LogP contribution in [0.2, 0.25) is 5.02 Å². The summed E-state index contributed by atoms with van der Waals surface area (Å²) in [7, 11) is 0. The monoisotopic (exact) mass is 369 g/mol. The number of halogens is 1. The lowest BCUT2D eigenvalue weighted by Gasteiger charge is -2.09. The van der Waals surface area contributed by atoms with Crippen molar-refractivity contribution >= 4 is 29.1 Å². The minimum atomic E-state index is -0.580. The fraction of sp³-hybridized carbons (Fsp3) is 0.111. The second-order valence-corrected chi connectivity index (χ2v) is 6.15. The minimum Gasteiger partial charge on any atom is -0.366 e. The van der Waals surface area contributed by atoms with Crippen LogP contribution in [0.4, 0.5) is 5.69 Å². The van der Waals surface area contributed by atoms with Crippen molar-refractivity contribution in [3.05, 3.63) is 70.1 Å². The third kappa shape index (κ3) is 3.57. The molecular weight excluding hydrogens is 354 g/mol. The number of nitrogens with two attached hydrogens (primary N) is 1. The Kier molecular flexibility index (Phi) is 4.73. The van der Waals surface area contributed by atoms with Gasteiger partial charge < -0.3 is 11.1 Å². The number of nitrogens with zero attached hydrogens (tertiary/aromatic N) is 3. The van der Waals surface area contributed by atoms with Crippen LogP contribution in [-0.4, -0.2) is 26.6 Å². The topological polar surface area (TPSA) is 103 Å². The standard InChI is InChI=1S/C18H16ClN5O2/c1-10-8-11(2)24(23-10)15-7-6-14(19)16(22-15)18(26)21-13-5-3-4-12(9-13)17(20)25/h3-9H,1-2H3,(H2,20,25)(H,21,26). The smallest absolute Gasteiger partial charge is 0.275 e. The van der Waals surface area contributed by atoms with Gasteiger partial charge in [0.2, 0.25) is 5.91 Å². The number of benzene rings is 1. The van der Waals surface area contributed by atoms with Gasteiger partial charge in [0.15, 0.2) is 5.82 Å². The maximum Gasteiger partial charge on any atom is 0.275 e. The second-order valence-electron chi connectivity index (χ2n) is 5.74. The quantitative estimate of drug-likeness (QED) is 0.737. The first kappa shape index (κ1) is 17.6. The molecule has 3 aromatic rings. The predicted molar refractivity (Wildman–Crippen MR) is 98.8 cm³/mol. The summed E-state index contributed by atoms with van der Waals surface area (Å²) in [5.74, 6) is -0.597. The summed E-state index contributed by atoms with van der Waals surface area (Å²) in [6.07, 6.45) is 0. The van der Waals surface area contributed by atoms with Gasteiger partial charge in [0.25, 0.3) is 5.91 Å². The molecule has 0 saturated heterocycles. The van der Waals surface area contributed by atoms with Crippen molar-refractivity contribution in [2.45, 2.75) is 13.8 Å². The number of carbonyl (C=O) groups excluding carboxylic acids is 2. The third-order valence-corrected chi connectivity index (χ3v) is 3.98. The van der Waals surface area contributed by atoms with Crippen molar-refractivity contribution in [1.29, 1.82) is 0 Å². The van der Waals surface area contributed by atoms with Gasteiger partial charge in [-0.25, -0.2) is 9.67 Å². The maximum atomic E-state index is 12.6. The summed E-state index contributed by atoms with van der Waals surface area (Å²) < 4.78 is 1.64. The van der Waals surface area contributed by atoms with Gasteiger partial charge in [0, 0.05) is 16.9 Å². The molecule has 0 aliphatic carbocycles. The molecule has 0 bridgehead atoms. The van der Waals surface area contributed by atoms with Gasteiger partial charge in [-0.3, -0.25) is 9.59 Å². The molecule has 0 fully saturated rings. The predicted octanol–water partition coefficient (Wildman–Crippen LogP) is 2.89. The van der Waals surface area contributed by atoms with E-state index in [4.69, 9.17) is 17.3 Å². The molecule has 2 amide bonds. The Hall–Kier alpha value is -3.19. The maximum absolute atomic E-state index is 12.6. The molecule has 1 aromatic carbocycles. The zero-order chi connectivity index (χ0) is 18.8. The van der Waals surface area contributed by atoms with Gasteiger partial charge in [0.1, 0.15) is 5.69 Å². The fourth-order valence-corrected chi connectivity index (χ4v) is 2.70. The highest BCUT2D eigenvalue weighted by molar-refractivity contribution is 6.34. The SMILES string of the molecule is Cc1cc(C)n(-c2ccc(Cl)c(C(=O)Nc3cccc(C(N)=O)c3)n2)n1. The highest BCUT2D eigenvalue weighted by atomic mass is 35.5. The molecule has 8 heteroatoms. The van der Waals surface area contributed by atoms with Crippen LogP contribution in [0.1, 0.15) is 32.2 Å². The Morgan fingerprint density at radius 3 is 2.58 bits per heavy atom. The zero-order valence-electron chi connectivity index (χ0n) is 14.2. The lowest BCUT2D eigenvalue weighted by molar-refractivity contribution is 0.0995. The molecule has 132 valence electrons. The van der Waals surface area contributed by atoms with Crippen LogP contribution in [0.5, 0.6) is 0 Å². The Labute approximate surface area is 154 Å². The molecule has 0 saturated carbocycles. The highest BCUT2D eigenvalue weighted by Gasteiger charge is 2.16. The summed E-state index contributed by atoms with van der Waals surface area (Å²) in [6, 6.07) is 11.5. The van der Waals surface area contributed by atoms with Crippen molar-refractivity contribution < 1.29 is 9.59 Å². The van der Waals surface area contributed by atoms with Crippen LogP contribution < -0.4 is 11.1 Å². The molecule has 3 N–H and O–H groups in total. The Morgan fingerprint density at radius 2 is 1.92 bits per heavy atom. The molecular formula is C18H16ClN5O2. The number of nitrogens with one attached hydrogen (secondary N) is 1. The van der Waals surface area contributed by atoms with Gasteiger partial charge in [-0.15, -0.1) is 0 Å². The number of amides is 2.